The van der Waals surface area contributed by atoms with E-state index in [1.807, 2.05) is 0 Å². The standard InChI is InChI=1S/C16H12N2O4/c1-3-14(19)21-12-7-5-11(6-8-12)16-17-9-13(10-18-16)22-15(20)4-2/h3-10H,1-2H2. The molecule has 2 rings (SSSR count). The molecule has 0 saturated carbocycles. The maximum absolute atomic E-state index is 11.1. The number of carbonyl (C=O) groups is 2. The molecule has 0 radical (unpaired) electrons. The number of ether oxygens (including phenoxy) is 2. The van der Waals surface area contributed by atoms with Gasteiger partial charge in [0.05, 0.1) is 12.4 Å². The second-order valence-corrected chi connectivity index (χ2v) is 4.02. The van der Waals surface area contributed by atoms with Crippen LogP contribution in [0.3, 0.4) is 0 Å². The molecule has 22 heavy (non-hydrogen) atoms. The lowest BCUT2D eigenvalue weighted by molar-refractivity contribution is -0.129. The molecule has 0 spiro atoms. The van der Waals surface area contributed by atoms with Crippen molar-refractivity contribution < 1.29 is 19.1 Å². The van der Waals surface area contributed by atoms with Gasteiger partial charge in [-0.2, -0.15) is 0 Å². The van der Waals surface area contributed by atoms with Gasteiger partial charge in [0.2, 0.25) is 0 Å². The number of hydrogen-bond acceptors (Lipinski definition) is 6. The predicted molar refractivity (Wildman–Crippen MR) is 79.1 cm³/mol. The normalized spacial score (nSPS) is 9.64. The zero-order chi connectivity index (χ0) is 15.9. The highest BCUT2D eigenvalue weighted by Gasteiger charge is 2.05. The Morgan fingerprint density at radius 2 is 1.36 bits per heavy atom. The topological polar surface area (TPSA) is 78.4 Å². The Morgan fingerprint density at radius 1 is 0.864 bits per heavy atom. The Labute approximate surface area is 126 Å². The quantitative estimate of drug-likeness (QED) is 0.478. The number of esters is 2. The minimum atomic E-state index is -0.579. The molecule has 0 unspecified atom stereocenters. The van der Waals surface area contributed by atoms with Crippen LogP contribution in [0.1, 0.15) is 0 Å². The van der Waals surface area contributed by atoms with Gasteiger partial charge in [0.25, 0.3) is 0 Å². The highest BCUT2D eigenvalue weighted by molar-refractivity contribution is 5.83. The van der Waals surface area contributed by atoms with E-state index in [2.05, 4.69) is 23.1 Å². The molecular formula is C16H12N2O4. The van der Waals surface area contributed by atoms with Crippen LogP contribution >= 0.6 is 0 Å². The van der Waals surface area contributed by atoms with Gasteiger partial charge in [0.1, 0.15) is 5.75 Å². The molecule has 0 aliphatic heterocycles. The van der Waals surface area contributed by atoms with Crippen LogP contribution < -0.4 is 9.47 Å². The zero-order valence-corrected chi connectivity index (χ0v) is 11.6. The average Bonchev–Trinajstić information content (AvgIpc) is 2.56. The molecule has 1 aromatic carbocycles. The number of benzene rings is 1. The van der Waals surface area contributed by atoms with E-state index >= 15 is 0 Å². The lowest BCUT2D eigenvalue weighted by Crippen LogP contribution is -2.04. The van der Waals surface area contributed by atoms with Gasteiger partial charge in [0.15, 0.2) is 11.6 Å². The summed E-state index contributed by atoms with van der Waals surface area (Å²) < 4.78 is 9.85. The van der Waals surface area contributed by atoms with Crippen molar-refractivity contribution >= 4 is 11.9 Å². The van der Waals surface area contributed by atoms with Crippen LogP contribution in [0.2, 0.25) is 0 Å². The van der Waals surface area contributed by atoms with Crippen LogP contribution in [0, 0.1) is 0 Å². The van der Waals surface area contributed by atoms with Crippen molar-refractivity contribution in [1.82, 2.24) is 9.97 Å². The van der Waals surface area contributed by atoms with Crippen molar-refractivity contribution in [1.29, 1.82) is 0 Å². The molecule has 6 heteroatoms. The number of aromatic nitrogens is 2. The van der Waals surface area contributed by atoms with Gasteiger partial charge < -0.3 is 9.47 Å². The lowest BCUT2D eigenvalue weighted by atomic mass is 10.2. The van der Waals surface area contributed by atoms with Crippen molar-refractivity contribution in [2.24, 2.45) is 0 Å². The molecular weight excluding hydrogens is 284 g/mol. The van der Waals surface area contributed by atoms with Crippen molar-refractivity contribution in [3.8, 4) is 22.9 Å². The van der Waals surface area contributed by atoms with Gasteiger partial charge >= 0.3 is 11.9 Å². The Bertz CT molecular complexity index is 642. The van der Waals surface area contributed by atoms with Gasteiger partial charge in [-0.3, -0.25) is 0 Å². The molecule has 0 amide bonds. The first kappa shape index (κ1) is 15.1. The highest BCUT2D eigenvalue weighted by Crippen LogP contribution is 2.20. The second-order valence-electron chi connectivity index (χ2n) is 4.02. The summed E-state index contributed by atoms with van der Waals surface area (Å²) in [7, 11) is 0. The largest absolute Gasteiger partial charge is 0.423 e. The van der Waals surface area contributed by atoms with E-state index in [1.165, 1.54) is 12.4 Å². The zero-order valence-electron chi connectivity index (χ0n) is 11.6. The molecule has 0 fully saturated rings. The van der Waals surface area contributed by atoms with Crippen molar-refractivity contribution in [2.75, 3.05) is 0 Å². The number of hydrogen-bond donors (Lipinski definition) is 0. The van der Waals surface area contributed by atoms with Crippen LogP contribution in [0.15, 0.2) is 62.0 Å². The molecule has 0 aliphatic carbocycles. The average molecular weight is 296 g/mol. The van der Waals surface area contributed by atoms with Crippen LogP contribution in [0.4, 0.5) is 0 Å². The second kappa shape index (κ2) is 6.94. The van der Waals surface area contributed by atoms with Gasteiger partial charge in [-0.1, -0.05) is 13.2 Å². The molecule has 1 heterocycles. The molecule has 0 bridgehead atoms. The Kier molecular flexibility index (Phi) is 4.77. The van der Waals surface area contributed by atoms with E-state index in [-0.39, 0.29) is 5.75 Å². The van der Waals surface area contributed by atoms with Gasteiger partial charge in [-0.25, -0.2) is 19.6 Å². The summed E-state index contributed by atoms with van der Waals surface area (Å²) in [6, 6.07) is 6.64. The Hall–Kier alpha value is -3.28. The summed E-state index contributed by atoms with van der Waals surface area (Å²) in [5.74, 6) is -0.0440. The molecule has 6 nitrogen and oxygen atoms in total. The van der Waals surface area contributed by atoms with Crippen LogP contribution in [-0.4, -0.2) is 21.9 Å². The molecule has 0 aliphatic rings. The van der Waals surface area contributed by atoms with E-state index in [4.69, 9.17) is 9.47 Å². The van der Waals surface area contributed by atoms with E-state index in [0.717, 1.165) is 17.7 Å². The molecule has 0 atom stereocenters. The fourth-order valence-electron chi connectivity index (χ4n) is 1.51. The SMILES string of the molecule is C=CC(=O)Oc1ccc(-c2ncc(OC(=O)C=C)cn2)cc1. The molecule has 2 aromatic rings. The smallest absolute Gasteiger partial charge is 0.335 e. The summed E-state index contributed by atoms with van der Waals surface area (Å²) >= 11 is 0. The first-order chi connectivity index (χ1) is 10.6. The molecule has 0 N–H and O–H groups in total. The van der Waals surface area contributed by atoms with Crippen molar-refractivity contribution in [3.05, 3.63) is 62.0 Å². The summed E-state index contributed by atoms with van der Waals surface area (Å²) in [4.78, 5) is 30.3. The minimum Gasteiger partial charge on any atom is -0.423 e. The monoisotopic (exact) mass is 296 g/mol. The van der Waals surface area contributed by atoms with Crippen molar-refractivity contribution in [2.45, 2.75) is 0 Å². The predicted octanol–water partition coefficient (Wildman–Crippen LogP) is 2.33. The number of nitrogens with zero attached hydrogens (tertiary/aromatic N) is 2. The van der Waals surface area contributed by atoms with Gasteiger partial charge in [-0.05, 0) is 24.3 Å². The third kappa shape index (κ3) is 3.86. The van der Waals surface area contributed by atoms with E-state index < -0.39 is 11.9 Å². The lowest BCUT2D eigenvalue weighted by Gasteiger charge is -2.04. The maximum Gasteiger partial charge on any atom is 0.335 e. The number of rotatable bonds is 5. The summed E-state index contributed by atoms with van der Waals surface area (Å²) in [5.41, 5.74) is 0.722. The maximum atomic E-state index is 11.1. The van der Waals surface area contributed by atoms with Gasteiger partial charge in [0, 0.05) is 17.7 Å². The summed E-state index contributed by atoms with van der Waals surface area (Å²) in [6.07, 6.45) is 4.90. The molecule has 1 aromatic heterocycles. The van der Waals surface area contributed by atoms with E-state index in [1.54, 1.807) is 24.3 Å². The highest BCUT2D eigenvalue weighted by atomic mass is 16.5. The number of carbonyl (C=O) groups excluding carboxylic acids is 2. The first-order valence-corrected chi connectivity index (χ1v) is 6.23. The summed E-state index contributed by atoms with van der Waals surface area (Å²) in [6.45, 7) is 6.62. The Morgan fingerprint density at radius 3 is 1.86 bits per heavy atom. The van der Waals surface area contributed by atoms with Gasteiger partial charge in [-0.15, -0.1) is 0 Å². The molecule has 110 valence electrons. The van der Waals surface area contributed by atoms with Crippen molar-refractivity contribution in [3.63, 3.8) is 0 Å². The first-order valence-electron chi connectivity index (χ1n) is 6.23. The minimum absolute atomic E-state index is 0.227. The van der Waals surface area contributed by atoms with Crippen LogP contribution in [0.5, 0.6) is 11.5 Å². The third-order valence-corrected chi connectivity index (χ3v) is 2.51. The van der Waals surface area contributed by atoms with Crippen LogP contribution in [-0.2, 0) is 9.59 Å². The molecule has 0 saturated heterocycles. The van der Waals surface area contributed by atoms with E-state index in [9.17, 15) is 9.59 Å². The summed E-state index contributed by atoms with van der Waals surface area (Å²) in [5, 5.41) is 0. The van der Waals surface area contributed by atoms with E-state index in [0.29, 0.717) is 11.6 Å². The fraction of sp³-hybridized carbons (Fsp3) is 0. The Balaban J connectivity index is 2.11. The van der Waals surface area contributed by atoms with Crippen LogP contribution in [0.25, 0.3) is 11.4 Å². The third-order valence-electron chi connectivity index (χ3n) is 2.51. The fourth-order valence-corrected chi connectivity index (χ4v) is 1.51.